The molecule has 1 heterocycles. The van der Waals surface area contributed by atoms with E-state index in [9.17, 15) is 19.5 Å². The van der Waals surface area contributed by atoms with Crippen LogP contribution in [-0.2, 0) is 14.4 Å². The van der Waals surface area contributed by atoms with Gasteiger partial charge in [0.25, 0.3) is 0 Å². The third-order valence-electron chi connectivity index (χ3n) is 6.92. The molecule has 1 amide bonds. The van der Waals surface area contributed by atoms with E-state index in [1.165, 1.54) is 6.92 Å². The number of hydrogen-bond donors (Lipinski definition) is 1. The maximum absolute atomic E-state index is 14.0. The van der Waals surface area contributed by atoms with Crippen LogP contribution in [0.5, 0.6) is 0 Å². The number of halogens is 2. The van der Waals surface area contributed by atoms with Gasteiger partial charge in [0.15, 0.2) is 5.78 Å². The van der Waals surface area contributed by atoms with E-state index >= 15 is 0 Å². The zero-order valence-electron chi connectivity index (χ0n) is 18.6. The van der Waals surface area contributed by atoms with Crippen LogP contribution in [0.25, 0.3) is 0 Å². The lowest BCUT2D eigenvalue weighted by atomic mass is 9.66. The Morgan fingerprint density at radius 3 is 2.30 bits per heavy atom. The van der Waals surface area contributed by atoms with Gasteiger partial charge in [-0.15, -0.1) is 0 Å². The second kappa shape index (κ2) is 9.11. The van der Waals surface area contributed by atoms with Crippen molar-refractivity contribution in [2.24, 2.45) is 11.3 Å². The Morgan fingerprint density at radius 1 is 1.09 bits per heavy atom. The molecule has 2 fully saturated rings. The maximum Gasteiger partial charge on any atom is 0.304 e. The number of carbonyl (C=O) groups excluding carboxylic acids is 2. The number of ketones is 1. The Morgan fingerprint density at radius 2 is 1.76 bits per heavy atom. The number of carbonyl (C=O) groups is 3. The van der Waals surface area contributed by atoms with E-state index in [1.807, 2.05) is 30.3 Å². The van der Waals surface area contributed by atoms with Crippen LogP contribution in [-0.4, -0.2) is 33.7 Å². The fraction of sp³-hybridized carbons (Fsp3) is 0.423. The van der Waals surface area contributed by atoms with E-state index in [0.29, 0.717) is 16.5 Å². The molecule has 2 aromatic rings. The van der Waals surface area contributed by atoms with Gasteiger partial charge in [0.2, 0.25) is 5.91 Å². The maximum atomic E-state index is 14.0. The first-order valence-corrected chi connectivity index (χ1v) is 11.9. The first kappa shape index (κ1) is 23.8. The van der Waals surface area contributed by atoms with Crippen molar-refractivity contribution in [3.63, 3.8) is 0 Å². The van der Waals surface area contributed by atoms with Gasteiger partial charge in [0.1, 0.15) is 0 Å². The molecule has 2 aliphatic rings. The number of likely N-dealkylation sites (tertiary alicyclic amines) is 1. The van der Waals surface area contributed by atoms with E-state index in [2.05, 4.69) is 0 Å². The summed E-state index contributed by atoms with van der Waals surface area (Å²) in [6.45, 7) is 3.23. The molecule has 1 saturated heterocycles. The van der Waals surface area contributed by atoms with Gasteiger partial charge in [-0.3, -0.25) is 14.4 Å². The number of Topliss-reactive ketones (excluding diaryl/α,β-unsaturated/α-hetero) is 1. The number of hydrogen-bond acceptors (Lipinski definition) is 3. The van der Waals surface area contributed by atoms with Crippen LogP contribution >= 0.6 is 23.2 Å². The molecule has 33 heavy (non-hydrogen) atoms. The molecule has 1 N–H and O–H groups in total. The number of aliphatic carboxylic acids is 1. The highest BCUT2D eigenvalue weighted by atomic mass is 35.5. The molecule has 2 aromatic carbocycles. The van der Waals surface area contributed by atoms with Crippen LogP contribution in [0.1, 0.15) is 62.6 Å². The van der Waals surface area contributed by atoms with E-state index in [1.54, 1.807) is 30.0 Å². The van der Waals surface area contributed by atoms with E-state index in [0.717, 1.165) is 24.0 Å². The fourth-order valence-corrected chi connectivity index (χ4v) is 5.68. The second-order valence-electron chi connectivity index (χ2n) is 9.60. The molecule has 1 unspecified atom stereocenters. The van der Waals surface area contributed by atoms with Gasteiger partial charge in [0.05, 0.1) is 23.9 Å². The van der Waals surface area contributed by atoms with Gasteiger partial charge in [-0.25, -0.2) is 0 Å². The molecule has 4 rings (SSSR count). The number of nitrogens with zero attached hydrogens (tertiary/aromatic N) is 1. The number of benzene rings is 2. The number of piperidine rings is 1. The molecule has 5 nitrogen and oxygen atoms in total. The average molecular weight is 488 g/mol. The Balaban J connectivity index is 1.93. The number of carboxylic acid groups (broad SMARTS) is 1. The number of amides is 1. The van der Waals surface area contributed by atoms with Crippen LogP contribution in [0.4, 0.5) is 0 Å². The van der Waals surface area contributed by atoms with Crippen LogP contribution in [0, 0.1) is 11.3 Å². The summed E-state index contributed by atoms with van der Waals surface area (Å²) in [7, 11) is 0. The summed E-state index contributed by atoms with van der Waals surface area (Å²) >= 11 is 12.5. The Labute approximate surface area is 203 Å². The first-order chi connectivity index (χ1) is 15.6. The van der Waals surface area contributed by atoms with Crippen LogP contribution in [0.2, 0.25) is 10.0 Å². The minimum atomic E-state index is -1.15. The summed E-state index contributed by atoms with van der Waals surface area (Å²) in [4.78, 5) is 40.4. The minimum Gasteiger partial charge on any atom is -0.481 e. The predicted molar refractivity (Wildman–Crippen MR) is 127 cm³/mol. The zero-order valence-corrected chi connectivity index (χ0v) is 20.1. The van der Waals surface area contributed by atoms with E-state index < -0.39 is 23.5 Å². The Bertz CT molecular complexity index is 1080. The first-order valence-electron chi connectivity index (χ1n) is 11.2. The molecule has 0 aromatic heterocycles. The van der Waals surface area contributed by atoms with Gasteiger partial charge in [-0.1, -0.05) is 54.4 Å². The zero-order chi connectivity index (χ0) is 23.9. The van der Waals surface area contributed by atoms with Gasteiger partial charge in [-0.2, -0.15) is 0 Å². The fourth-order valence-electron chi connectivity index (χ4n) is 5.35. The highest BCUT2D eigenvalue weighted by Crippen LogP contribution is 2.54. The third-order valence-corrected chi connectivity index (χ3v) is 7.40. The monoisotopic (exact) mass is 487 g/mol. The summed E-state index contributed by atoms with van der Waals surface area (Å²) < 4.78 is 0. The highest BCUT2D eigenvalue weighted by Gasteiger charge is 2.55. The molecule has 7 heteroatoms. The molecule has 0 bridgehead atoms. The summed E-state index contributed by atoms with van der Waals surface area (Å²) in [6.07, 6.45) is 1.78. The van der Waals surface area contributed by atoms with Crippen molar-refractivity contribution in [1.82, 2.24) is 4.90 Å². The molecule has 4 atom stereocenters. The molecule has 174 valence electrons. The van der Waals surface area contributed by atoms with Crippen molar-refractivity contribution in [2.45, 2.75) is 57.5 Å². The molecule has 1 aliphatic heterocycles. The van der Waals surface area contributed by atoms with Crippen LogP contribution in [0.3, 0.4) is 0 Å². The lowest BCUT2D eigenvalue weighted by Crippen LogP contribution is -2.58. The van der Waals surface area contributed by atoms with Gasteiger partial charge >= 0.3 is 5.97 Å². The van der Waals surface area contributed by atoms with Gasteiger partial charge in [0, 0.05) is 16.0 Å². The van der Waals surface area contributed by atoms with Crippen LogP contribution < -0.4 is 0 Å². The number of rotatable bonds is 7. The van der Waals surface area contributed by atoms with Crippen molar-refractivity contribution in [2.75, 3.05) is 0 Å². The summed E-state index contributed by atoms with van der Waals surface area (Å²) in [6, 6.07) is 13.8. The number of carboxylic acids is 1. The molecule has 1 saturated carbocycles. The molecular weight excluding hydrogens is 461 g/mol. The topological polar surface area (TPSA) is 74.7 Å². The summed E-state index contributed by atoms with van der Waals surface area (Å²) in [5.41, 5.74) is 0.626. The van der Waals surface area contributed by atoms with Crippen LogP contribution in [0.15, 0.2) is 48.5 Å². The van der Waals surface area contributed by atoms with E-state index in [-0.39, 0.29) is 29.9 Å². The average Bonchev–Trinajstić information content (AvgIpc) is 3.56. The lowest BCUT2D eigenvalue weighted by molar-refractivity contribution is -0.163. The van der Waals surface area contributed by atoms with Gasteiger partial charge < -0.3 is 10.0 Å². The van der Waals surface area contributed by atoms with Crippen molar-refractivity contribution in [1.29, 1.82) is 0 Å². The highest BCUT2D eigenvalue weighted by molar-refractivity contribution is 6.30. The molecule has 0 radical (unpaired) electrons. The van der Waals surface area contributed by atoms with Crippen molar-refractivity contribution < 1.29 is 19.5 Å². The summed E-state index contributed by atoms with van der Waals surface area (Å²) in [5, 5.41) is 10.8. The SMILES string of the molecule is CC(=O)[C@H](C1CC1)N1C(=O)[C@@](C)(CC(=O)O)CC(c2cccc(Cl)c2)[C@H]1c1ccc(Cl)cc1. The normalized spacial score (nSPS) is 26.2. The second-order valence-corrected chi connectivity index (χ2v) is 10.5. The third kappa shape index (κ3) is 4.80. The standard InChI is InChI=1S/C26H27Cl2NO4/c1-15(30)23(16-6-7-16)29-24(17-8-10-19(27)11-9-17)21(18-4-3-5-20(28)12-18)13-26(2,25(29)33)14-22(31)32/h3-5,8-12,16,21,23-24H,6-7,13-14H2,1-2H3,(H,31,32)/t21?,23-,24-,26-/m1/s1. The van der Waals surface area contributed by atoms with Crippen molar-refractivity contribution >= 4 is 40.9 Å². The van der Waals surface area contributed by atoms with Crippen molar-refractivity contribution in [3.8, 4) is 0 Å². The smallest absolute Gasteiger partial charge is 0.304 e. The Kier molecular flexibility index (Phi) is 6.56. The summed E-state index contributed by atoms with van der Waals surface area (Å²) in [5.74, 6) is -1.54. The quantitative estimate of drug-likeness (QED) is 0.527. The minimum absolute atomic E-state index is 0.0748. The molecular formula is C26H27Cl2NO4. The Hall–Kier alpha value is -2.37. The van der Waals surface area contributed by atoms with Gasteiger partial charge in [-0.05, 0) is 67.5 Å². The van der Waals surface area contributed by atoms with E-state index in [4.69, 9.17) is 23.2 Å². The largest absolute Gasteiger partial charge is 0.481 e. The van der Waals surface area contributed by atoms with Crippen molar-refractivity contribution in [3.05, 3.63) is 69.7 Å². The predicted octanol–water partition coefficient (Wildman–Crippen LogP) is 5.90. The molecule has 0 spiro atoms. The molecule has 1 aliphatic carbocycles. The lowest BCUT2D eigenvalue weighted by Gasteiger charge is -2.51.